The van der Waals surface area contributed by atoms with Crippen molar-refractivity contribution >= 4 is 30.1 Å². The van der Waals surface area contributed by atoms with Gasteiger partial charge in [0.25, 0.3) is 5.91 Å². The van der Waals surface area contributed by atoms with E-state index < -0.39 is 0 Å². The number of thioether (sulfide) groups is 1. The van der Waals surface area contributed by atoms with E-state index >= 15 is 0 Å². The van der Waals surface area contributed by atoms with Gasteiger partial charge in [-0.1, -0.05) is 19.1 Å². The minimum atomic E-state index is 0. The number of nitrogens with one attached hydrogen (secondary N) is 2. The molecule has 1 aromatic rings. The lowest BCUT2D eigenvalue weighted by Gasteiger charge is -2.22. The molecule has 0 aliphatic carbocycles. The Bertz CT molecular complexity index is 433. The van der Waals surface area contributed by atoms with E-state index in [4.69, 9.17) is 0 Å². The fourth-order valence-electron chi connectivity index (χ4n) is 2.63. The lowest BCUT2D eigenvalue weighted by atomic mass is 9.96. The molecule has 3 nitrogen and oxygen atoms in total. The molecule has 0 radical (unpaired) electrons. The lowest BCUT2D eigenvalue weighted by molar-refractivity contribution is 0.0950. The Morgan fingerprint density at radius 3 is 2.77 bits per heavy atom. The second-order valence-corrected chi connectivity index (χ2v) is 6.87. The van der Waals surface area contributed by atoms with Gasteiger partial charge in [-0.3, -0.25) is 4.79 Å². The summed E-state index contributed by atoms with van der Waals surface area (Å²) in [6.07, 6.45) is 3.62. The van der Waals surface area contributed by atoms with E-state index in [0.717, 1.165) is 43.1 Å². The largest absolute Gasteiger partial charge is 0.352 e. The molecule has 0 saturated carbocycles. The van der Waals surface area contributed by atoms with Gasteiger partial charge in [-0.25, -0.2) is 0 Å². The Morgan fingerprint density at radius 2 is 2.14 bits per heavy atom. The fourth-order valence-corrected chi connectivity index (χ4v) is 3.27. The maximum Gasteiger partial charge on any atom is 0.251 e. The number of carbonyl (C=O) groups excluding carboxylic acids is 1. The number of hydrogen-bond donors (Lipinski definition) is 2. The quantitative estimate of drug-likeness (QED) is 0.797. The topological polar surface area (TPSA) is 41.1 Å². The molecule has 0 spiro atoms. The monoisotopic (exact) mass is 342 g/mol. The molecule has 2 N–H and O–H groups in total. The Labute approximate surface area is 144 Å². The average Bonchev–Trinajstić information content (AvgIpc) is 2.54. The van der Waals surface area contributed by atoms with Crippen LogP contribution in [0.3, 0.4) is 0 Å². The van der Waals surface area contributed by atoms with Crippen molar-refractivity contribution in [2.75, 3.05) is 25.4 Å². The molecule has 1 amide bonds. The second-order valence-electron chi connectivity index (χ2n) is 5.59. The van der Waals surface area contributed by atoms with Gasteiger partial charge in [0.05, 0.1) is 0 Å². The summed E-state index contributed by atoms with van der Waals surface area (Å²) in [6.45, 7) is 5.18. The summed E-state index contributed by atoms with van der Waals surface area (Å²) in [5.74, 6) is 2.91. The molecule has 124 valence electrons. The van der Waals surface area contributed by atoms with Crippen LogP contribution in [0.1, 0.15) is 42.1 Å². The highest BCUT2D eigenvalue weighted by Gasteiger charge is 2.13. The predicted octanol–water partition coefficient (Wildman–Crippen LogP) is 3.48. The van der Waals surface area contributed by atoms with Crippen molar-refractivity contribution in [2.24, 2.45) is 5.92 Å². The van der Waals surface area contributed by atoms with Crippen LogP contribution in [0.25, 0.3) is 0 Å². The van der Waals surface area contributed by atoms with Crippen molar-refractivity contribution in [2.45, 2.75) is 31.9 Å². The first-order valence-corrected chi connectivity index (χ1v) is 9.10. The Morgan fingerprint density at radius 1 is 1.36 bits per heavy atom. The molecule has 1 heterocycles. The van der Waals surface area contributed by atoms with Gasteiger partial charge in [0.2, 0.25) is 0 Å². The maximum atomic E-state index is 12.1. The van der Waals surface area contributed by atoms with Gasteiger partial charge in [-0.2, -0.15) is 11.8 Å². The molecule has 1 saturated heterocycles. The third-order valence-corrected chi connectivity index (χ3v) is 4.87. The third kappa shape index (κ3) is 6.59. The molecule has 1 atom stereocenters. The Kier molecular flexibility index (Phi) is 9.60. The molecular formula is C17H27ClN2OS. The predicted molar refractivity (Wildman–Crippen MR) is 98.1 cm³/mol. The summed E-state index contributed by atoms with van der Waals surface area (Å²) < 4.78 is 0. The summed E-state index contributed by atoms with van der Waals surface area (Å²) in [5, 5.41) is 6.45. The number of benzene rings is 1. The van der Waals surface area contributed by atoms with Gasteiger partial charge >= 0.3 is 0 Å². The van der Waals surface area contributed by atoms with Crippen molar-refractivity contribution in [1.29, 1.82) is 0 Å². The van der Waals surface area contributed by atoms with Crippen molar-refractivity contribution in [3.63, 3.8) is 0 Å². The molecular weight excluding hydrogens is 316 g/mol. The Balaban J connectivity index is 0.00000242. The average molecular weight is 343 g/mol. The van der Waals surface area contributed by atoms with Gasteiger partial charge in [0, 0.05) is 17.9 Å². The summed E-state index contributed by atoms with van der Waals surface area (Å²) in [6, 6.07) is 7.98. The van der Waals surface area contributed by atoms with Crippen LogP contribution >= 0.6 is 24.2 Å². The zero-order valence-electron chi connectivity index (χ0n) is 13.3. The van der Waals surface area contributed by atoms with Gasteiger partial charge < -0.3 is 10.6 Å². The fraction of sp³-hybridized carbons (Fsp3) is 0.588. The van der Waals surface area contributed by atoms with Crippen LogP contribution in [0, 0.1) is 5.92 Å². The molecule has 1 unspecified atom stereocenters. The van der Waals surface area contributed by atoms with E-state index in [1.54, 1.807) is 0 Å². The minimum absolute atomic E-state index is 0. The third-order valence-electron chi connectivity index (χ3n) is 3.93. The van der Waals surface area contributed by atoms with Crippen LogP contribution in [0.4, 0.5) is 0 Å². The van der Waals surface area contributed by atoms with E-state index in [9.17, 15) is 4.79 Å². The highest BCUT2D eigenvalue weighted by atomic mass is 35.5. The highest BCUT2D eigenvalue weighted by molar-refractivity contribution is 7.98. The highest BCUT2D eigenvalue weighted by Crippen LogP contribution is 2.14. The minimum Gasteiger partial charge on any atom is -0.352 e. The summed E-state index contributed by atoms with van der Waals surface area (Å²) >= 11 is 1.90. The van der Waals surface area contributed by atoms with E-state index in [1.165, 1.54) is 18.4 Å². The van der Waals surface area contributed by atoms with Crippen LogP contribution in [-0.2, 0) is 5.75 Å². The van der Waals surface area contributed by atoms with Crippen molar-refractivity contribution < 1.29 is 4.79 Å². The van der Waals surface area contributed by atoms with Crippen molar-refractivity contribution in [3.8, 4) is 0 Å². The molecule has 2 rings (SSSR count). The Hall–Kier alpha value is -0.710. The first-order valence-electron chi connectivity index (χ1n) is 7.95. The molecule has 22 heavy (non-hydrogen) atoms. The lowest BCUT2D eigenvalue weighted by Crippen LogP contribution is -2.33. The summed E-state index contributed by atoms with van der Waals surface area (Å²) in [7, 11) is 0. The van der Waals surface area contributed by atoms with Crippen molar-refractivity contribution in [1.82, 2.24) is 10.6 Å². The molecule has 1 fully saturated rings. The molecule has 0 aromatic heterocycles. The number of rotatable bonds is 7. The number of hydrogen-bond acceptors (Lipinski definition) is 3. The molecule has 1 aliphatic rings. The zero-order valence-corrected chi connectivity index (χ0v) is 14.9. The summed E-state index contributed by atoms with van der Waals surface area (Å²) in [5.41, 5.74) is 2.05. The van der Waals surface area contributed by atoms with Crippen LogP contribution in [-0.4, -0.2) is 31.3 Å². The van der Waals surface area contributed by atoms with Gasteiger partial charge in [0.15, 0.2) is 0 Å². The van der Waals surface area contributed by atoms with Crippen LogP contribution in [0.2, 0.25) is 0 Å². The smallest absolute Gasteiger partial charge is 0.251 e. The standard InChI is InChI=1S/C17H26N2OS.ClH/c1-2-21-13-15-5-7-16(8-6-15)17(20)19-11-9-14-4-3-10-18-12-14;/h5-8,14,18H,2-4,9-13H2,1H3,(H,19,20);1H. The molecule has 1 aromatic carbocycles. The van der Waals surface area contributed by atoms with Crippen LogP contribution in [0.15, 0.2) is 24.3 Å². The number of amides is 1. The van der Waals surface area contributed by atoms with Gasteiger partial charge in [-0.15, -0.1) is 12.4 Å². The number of carbonyl (C=O) groups is 1. The zero-order chi connectivity index (χ0) is 14.9. The van der Waals surface area contributed by atoms with E-state index in [1.807, 2.05) is 23.9 Å². The van der Waals surface area contributed by atoms with Crippen molar-refractivity contribution in [3.05, 3.63) is 35.4 Å². The van der Waals surface area contributed by atoms with Crippen LogP contribution in [0.5, 0.6) is 0 Å². The maximum absolute atomic E-state index is 12.1. The first-order chi connectivity index (χ1) is 10.3. The first kappa shape index (κ1) is 19.3. The van der Waals surface area contributed by atoms with E-state index in [-0.39, 0.29) is 18.3 Å². The number of halogens is 1. The van der Waals surface area contributed by atoms with E-state index in [0.29, 0.717) is 5.92 Å². The normalized spacial score (nSPS) is 17.6. The summed E-state index contributed by atoms with van der Waals surface area (Å²) in [4.78, 5) is 12.1. The van der Waals surface area contributed by atoms with Gasteiger partial charge in [0.1, 0.15) is 0 Å². The van der Waals surface area contributed by atoms with E-state index in [2.05, 4.69) is 29.7 Å². The van der Waals surface area contributed by atoms with Gasteiger partial charge in [-0.05, 0) is 61.7 Å². The van der Waals surface area contributed by atoms with Crippen LogP contribution < -0.4 is 10.6 Å². The second kappa shape index (κ2) is 10.9. The molecule has 0 bridgehead atoms. The SMILES string of the molecule is CCSCc1ccc(C(=O)NCCC2CCCNC2)cc1.Cl. The number of piperidine rings is 1. The molecule has 1 aliphatic heterocycles. The molecule has 5 heteroatoms.